The van der Waals surface area contributed by atoms with Gasteiger partial charge in [-0.05, 0) is 0 Å². The van der Waals surface area contributed by atoms with Gasteiger partial charge in [-0.1, -0.05) is 30.3 Å². The lowest BCUT2D eigenvalue weighted by atomic mass is 10.00. The Morgan fingerprint density at radius 2 is 2.00 bits per heavy atom. The molecule has 0 aromatic heterocycles. The second kappa shape index (κ2) is 5.38. The summed E-state index contributed by atoms with van der Waals surface area (Å²) in [6.07, 6.45) is -1.71. The molecule has 1 aromatic rings. The Balaban J connectivity index is 1.78. The largest absolute Gasteiger partial charge is 0.371 e. The number of ketones is 1. The summed E-state index contributed by atoms with van der Waals surface area (Å²) in [5.41, 5.74) is 0.925. The fraction of sp³-hybridized carbons (Fsp3) is 0.500. The molecular formula is C14H16O5. The molecule has 102 valence electrons. The molecule has 5 nitrogen and oxygen atoms in total. The number of carbonyl (C=O) groups is 1. The van der Waals surface area contributed by atoms with E-state index in [0.29, 0.717) is 6.61 Å². The van der Waals surface area contributed by atoms with E-state index in [2.05, 4.69) is 0 Å². The van der Waals surface area contributed by atoms with Crippen LogP contribution in [0.2, 0.25) is 0 Å². The second-order valence-electron chi connectivity index (χ2n) is 4.65. The highest BCUT2D eigenvalue weighted by atomic mass is 16.7. The van der Waals surface area contributed by atoms with Gasteiger partial charge in [0.25, 0.3) is 0 Å². The lowest BCUT2D eigenvalue weighted by Crippen LogP contribution is -2.57. The smallest absolute Gasteiger partial charge is 0.189 e. The van der Waals surface area contributed by atoms with Gasteiger partial charge in [0.1, 0.15) is 24.9 Å². The predicted molar refractivity (Wildman–Crippen MR) is 65.6 cm³/mol. The number of methoxy groups -OCH3 is 1. The van der Waals surface area contributed by atoms with Gasteiger partial charge in [0.05, 0.1) is 6.61 Å². The fourth-order valence-corrected chi connectivity index (χ4v) is 2.46. The SMILES string of the molecule is CO[C@@H]1C(=O)CO[C@H]2COC(c3ccccc3)O[C@H]21. The topological polar surface area (TPSA) is 54.0 Å². The Labute approximate surface area is 111 Å². The van der Waals surface area contributed by atoms with Gasteiger partial charge in [0.2, 0.25) is 0 Å². The molecule has 2 aliphatic rings. The minimum absolute atomic E-state index is 0.0579. The van der Waals surface area contributed by atoms with E-state index < -0.39 is 18.5 Å². The van der Waals surface area contributed by atoms with E-state index in [4.69, 9.17) is 18.9 Å². The van der Waals surface area contributed by atoms with Crippen LogP contribution in [0.4, 0.5) is 0 Å². The number of benzene rings is 1. The standard InChI is InChI=1S/C14H16O5/c1-16-12-10(15)7-17-11-8-18-14(19-13(11)12)9-5-3-2-4-6-9/h2-6,11-14H,7-8H2,1H3/t11-,12+,13+,14?/m0/s1. The summed E-state index contributed by atoms with van der Waals surface area (Å²) in [5.74, 6) is -0.0857. The van der Waals surface area contributed by atoms with Crippen molar-refractivity contribution in [1.29, 1.82) is 0 Å². The van der Waals surface area contributed by atoms with Crippen LogP contribution in [-0.4, -0.2) is 44.4 Å². The number of hydrogen-bond donors (Lipinski definition) is 0. The van der Waals surface area contributed by atoms with Gasteiger partial charge in [0.15, 0.2) is 12.1 Å². The molecule has 4 atom stereocenters. The van der Waals surface area contributed by atoms with Gasteiger partial charge >= 0.3 is 0 Å². The van der Waals surface area contributed by atoms with Crippen LogP contribution in [0.25, 0.3) is 0 Å². The lowest BCUT2D eigenvalue weighted by molar-refractivity contribution is -0.292. The second-order valence-corrected chi connectivity index (χ2v) is 4.65. The summed E-state index contributed by atoms with van der Waals surface area (Å²) in [7, 11) is 1.52. The predicted octanol–water partition coefficient (Wildman–Crippen LogP) is 1.08. The van der Waals surface area contributed by atoms with E-state index in [1.807, 2.05) is 30.3 Å². The average Bonchev–Trinajstić information content (AvgIpc) is 2.47. The van der Waals surface area contributed by atoms with Gasteiger partial charge in [-0.3, -0.25) is 4.79 Å². The van der Waals surface area contributed by atoms with E-state index >= 15 is 0 Å². The first-order valence-electron chi connectivity index (χ1n) is 6.28. The molecule has 0 amide bonds. The molecule has 19 heavy (non-hydrogen) atoms. The molecule has 0 N–H and O–H groups in total. The van der Waals surface area contributed by atoms with Crippen LogP contribution in [0.5, 0.6) is 0 Å². The van der Waals surface area contributed by atoms with Crippen LogP contribution in [0, 0.1) is 0 Å². The summed E-state index contributed by atoms with van der Waals surface area (Å²) in [6, 6.07) is 9.63. The molecule has 0 bridgehead atoms. The zero-order valence-corrected chi connectivity index (χ0v) is 10.7. The van der Waals surface area contributed by atoms with Crippen molar-refractivity contribution in [2.24, 2.45) is 0 Å². The molecule has 3 rings (SSSR count). The first-order valence-corrected chi connectivity index (χ1v) is 6.28. The van der Waals surface area contributed by atoms with Crippen LogP contribution in [0.15, 0.2) is 30.3 Å². The van der Waals surface area contributed by atoms with Crippen molar-refractivity contribution in [3.05, 3.63) is 35.9 Å². The van der Waals surface area contributed by atoms with Gasteiger partial charge in [-0.15, -0.1) is 0 Å². The van der Waals surface area contributed by atoms with E-state index in [1.54, 1.807) is 0 Å². The van der Waals surface area contributed by atoms with Crippen LogP contribution in [0.1, 0.15) is 11.9 Å². The number of hydrogen-bond acceptors (Lipinski definition) is 5. The normalized spacial score (nSPS) is 34.9. The summed E-state index contributed by atoms with van der Waals surface area (Å²) in [6.45, 7) is 0.458. The molecule has 0 spiro atoms. The van der Waals surface area contributed by atoms with Crippen molar-refractivity contribution in [1.82, 2.24) is 0 Å². The van der Waals surface area contributed by atoms with Gasteiger partial charge in [-0.25, -0.2) is 0 Å². The third-order valence-corrected chi connectivity index (χ3v) is 3.44. The quantitative estimate of drug-likeness (QED) is 0.800. The maximum absolute atomic E-state index is 11.8. The molecule has 2 saturated heterocycles. The number of carbonyl (C=O) groups excluding carboxylic acids is 1. The molecule has 2 aliphatic heterocycles. The highest BCUT2D eigenvalue weighted by molar-refractivity contribution is 5.85. The first-order chi connectivity index (χ1) is 9.29. The van der Waals surface area contributed by atoms with E-state index in [9.17, 15) is 4.79 Å². The maximum Gasteiger partial charge on any atom is 0.189 e. The highest BCUT2D eigenvalue weighted by Crippen LogP contribution is 2.31. The van der Waals surface area contributed by atoms with Crippen LogP contribution in [0.3, 0.4) is 0 Å². The van der Waals surface area contributed by atoms with Crippen molar-refractivity contribution in [2.45, 2.75) is 24.6 Å². The van der Waals surface area contributed by atoms with Crippen molar-refractivity contribution >= 4 is 5.78 Å². The Bertz CT molecular complexity index is 446. The monoisotopic (exact) mass is 264 g/mol. The summed E-state index contributed by atoms with van der Waals surface area (Å²) >= 11 is 0. The van der Waals surface area contributed by atoms with Crippen molar-refractivity contribution in [3.8, 4) is 0 Å². The Hall–Kier alpha value is -1.27. The number of Topliss-reactive ketones (excluding diaryl/α,β-unsaturated/α-hetero) is 1. The van der Waals surface area contributed by atoms with E-state index in [-0.39, 0.29) is 18.5 Å². The van der Waals surface area contributed by atoms with Crippen LogP contribution >= 0.6 is 0 Å². The number of ether oxygens (including phenoxy) is 4. The van der Waals surface area contributed by atoms with Crippen LogP contribution < -0.4 is 0 Å². The first kappa shape index (κ1) is 12.7. The van der Waals surface area contributed by atoms with E-state index in [0.717, 1.165) is 5.56 Å². The molecule has 0 aliphatic carbocycles. The summed E-state index contributed by atoms with van der Waals surface area (Å²) in [5, 5.41) is 0. The van der Waals surface area contributed by atoms with Crippen molar-refractivity contribution in [3.63, 3.8) is 0 Å². The molecular weight excluding hydrogens is 248 g/mol. The minimum atomic E-state index is -0.575. The van der Waals surface area contributed by atoms with Gasteiger partial charge in [0, 0.05) is 12.7 Å². The Morgan fingerprint density at radius 3 is 2.74 bits per heavy atom. The molecule has 0 saturated carbocycles. The lowest BCUT2D eigenvalue weighted by Gasteiger charge is -2.41. The molecule has 1 aromatic carbocycles. The molecule has 0 radical (unpaired) electrons. The average molecular weight is 264 g/mol. The Kier molecular flexibility index (Phi) is 3.61. The minimum Gasteiger partial charge on any atom is -0.371 e. The third-order valence-electron chi connectivity index (χ3n) is 3.44. The maximum atomic E-state index is 11.8. The van der Waals surface area contributed by atoms with Crippen molar-refractivity contribution in [2.75, 3.05) is 20.3 Å². The molecule has 2 heterocycles. The zero-order chi connectivity index (χ0) is 13.2. The van der Waals surface area contributed by atoms with Crippen LogP contribution in [-0.2, 0) is 23.7 Å². The fourth-order valence-electron chi connectivity index (χ4n) is 2.46. The molecule has 5 heteroatoms. The van der Waals surface area contributed by atoms with Gasteiger partial charge in [-0.2, -0.15) is 0 Å². The summed E-state index contributed by atoms with van der Waals surface area (Å²) < 4.78 is 22.2. The number of fused-ring (bicyclic) bond motifs is 1. The molecule has 1 unspecified atom stereocenters. The zero-order valence-electron chi connectivity index (χ0n) is 10.7. The van der Waals surface area contributed by atoms with E-state index in [1.165, 1.54) is 7.11 Å². The highest BCUT2D eigenvalue weighted by Gasteiger charge is 2.45. The summed E-state index contributed by atoms with van der Waals surface area (Å²) in [4.78, 5) is 11.8. The van der Waals surface area contributed by atoms with Crippen molar-refractivity contribution < 1.29 is 23.7 Å². The van der Waals surface area contributed by atoms with Gasteiger partial charge < -0.3 is 18.9 Å². The third kappa shape index (κ3) is 2.42. The Morgan fingerprint density at radius 1 is 1.21 bits per heavy atom. The molecule has 2 fully saturated rings. The number of rotatable bonds is 2.